The van der Waals surface area contributed by atoms with E-state index in [0.29, 0.717) is 23.1 Å². The average molecular weight is 297 g/mol. The SMILES string of the molecule is OC(c1cc(Br)cc2c1OCC2)C(F)(F)F. The smallest absolute Gasteiger partial charge is 0.418 e. The van der Waals surface area contributed by atoms with Gasteiger partial charge in [0, 0.05) is 16.5 Å². The van der Waals surface area contributed by atoms with E-state index in [4.69, 9.17) is 4.74 Å². The monoisotopic (exact) mass is 296 g/mol. The number of alkyl halides is 3. The zero-order valence-electron chi connectivity index (χ0n) is 8.01. The standard InChI is InChI=1S/C10H8BrF3O2/c11-6-3-5-1-2-16-8(5)7(4-6)9(15)10(12,13)14/h3-4,9,15H,1-2H2. The topological polar surface area (TPSA) is 29.5 Å². The summed E-state index contributed by atoms with van der Waals surface area (Å²) in [6, 6.07) is 2.94. The summed E-state index contributed by atoms with van der Waals surface area (Å²) in [5.41, 5.74) is 0.460. The zero-order valence-corrected chi connectivity index (χ0v) is 9.60. The summed E-state index contributed by atoms with van der Waals surface area (Å²) in [5, 5.41) is 9.22. The lowest BCUT2D eigenvalue weighted by molar-refractivity contribution is -0.207. The molecular formula is C10H8BrF3O2. The Morgan fingerprint density at radius 3 is 2.69 bits per heavy atom. The maximum absolute atomic E-state index is 12.4. The number of aliphatic hydroxyl groups excluding tert-OH is 1. The predicted octanol–water partition coefficient (Wildman–Crippen LogP) is 2.98. The minimum atomic E-state index is -4.68. The van der Waals surface area contributed by atoms with Crippen molar-refractivity contribution in [2.45, 2.75) is 18.7 Å². The molecule has 0 fully saturated rings. The molecule has 0 aliphatic carbocycles. The van der Waals surface area contributed by atoms with Gasteiger partial charge in [-0.1, -0.05) is 15.9 Å². The van der Waals surface area contributed by atoms with Crippen molar-refractivity contribution in [3.63, 3.8) is 0 Å². The van der Waals surface area contributed by atoms with Gasteiger partial charge in [-0.25, -0.2) is 0 Å². The van der Waals surface area contributed by atoms with E-state index in [-0.39, 0.29) is 11.3 Å². The van der Waals surface area contributed by atoms with Crippen molar-refractivity contribution >= 4 is 15.9 Å². The minimum absolute atomic E-state index is 0.160. The van der Waals surface area contributed by atoms with E-state index < -0.39 is 12.3 Å². The molecule has 1 N–H and O–H groups in total. The van der Waals surface area contributed by atoms with Gasteiger partial charge in [-0.15, -0.1) is 0 Å². The Bertz CT molecular complexity index is 417. The molecule has 2 nitrogen and oxygen atoms in total. The van der Waals surface area contributed by atoms with Crippen molar-refractivity contribution in [1.82, 2.24) is 0 Å². The van der Waals surface area contributed by atoms with Crippen LogP contribution in [-0.4, -0.2) is 17.9 Å². The maximum atomic E-state index is 12.4. The van der Waals surface area contributed by atoms with Gasteiger partial charge in [-0.05, 0) is 17.7 Å². The molecule has 0 bridgehead atoms. The number of hydrogen-bond donors (Lipinski definition) is 1. The van der Waals surface area contributed by atoms with Gasteiger partial charge >= 0.3 is 6.18 Å². The first-order valence-corrected chi connectivity index (χ1v) is 5.39. The van der Waals surface area contributed by atoms with Gasteiger partial charge in [0.1, 0.15) is 5.75 Å². The highest BCUT2D eigenvalue weighted by Crippen LogP contribution is 2.42. The molecule has 1 aromatic carbocycles. The number of fused-ring (bicyclic) bond motifs is 1. The number of benzene rings is 1. The van der Waals surface area contributed by atoms with E-state index in [0.717, 1.165) is 0 Å². The molecule has 0 spiro atoms. The highest BCUT2D eigenvalue weighted by atomic mass is 79.9. The van der Waals surface area contributed by atoms with Crippen molar-refractivity contribution in [2.75, 3.05) is 6.61 Å². The minimum Gasteiger partial charge on any atom is -0.493 e. The quantitative estimate of drug-likeness (QED) is 0.863. The molecule has 0 saturated carbocycles. The third-order valence-electron chi connectivity index (χ3n) is 2.38. The highest BCUT2D eigenvalue weighted by molar-refractivity contribution is 9.10. The molecule has 0 aromatic heterocycles. The molecule has 0 radical (unpaired) electrons. The van der Waals surface area contributed by atoms with Gasteiger partial charge in [0.05, 0.1) is 6.61 Å². The average Bonchev–Trinajstić information content (AvgIpc) is 2.61. The fraction of sp³-hybridized carbons (Fsp3) is 0.400. The van der Waals surface area contributed by atoms with Crippen LogP contribution in [-0.2, 0) is 6.42 Å². The van der Waals surface area contributed by atoms with Crippen LogP contribution < -0.4 is 4.74 Å². The summed E-state index contributed by atoms with van der Waals surface area (Å²) in [6.07, 6.45) is -6.62. The van der Waals surface area contributed by atoms with Crippen LogP contribution in [0.2, 0.25) is 0 Å². The fourth-order valence-electron chi connectivity index (χ4n) is 1.68. The molecule has 1 unspecified atom stereocenters. The summed E-state index contributed by atoms with van der Waals surface area (Å²) in [5.74, 6) is 0.160. The van der Waals surface area contributed by atoms with Crippen LogP contribution in [0.3, 0.4) is 0 Å². The Hall–Kier alpha value is -0.750. The highest BCUT2D eigenvalue weighted by Gasteiger charge is 2.42. The number of aliphatic hydroxyl groups is 1. The maximum Gasteiger partial charge on any atom is 0.418 e. The summed E-state index contributed by atoms with van der Waals surface area (Å²) < 4.78 is 42.9. The summed E-state index contributed by atoms with van der Waals surface area (Å²) in [6.45, 7) is 0.351. The first-order valence-electron chi connectivity index (χ1n) is 4.59. The van der Waals surface area contributed by atoms with E-state index >= 15 is 0 Å². The van der Waals surface area contributed by atoms with Crippen molar-refractivity contribution in [1.29, 1.82) is 0 Å². The molecule has 1 atom stereocenters. The molecular weight excluding hydrogens is 289 g/mol. The lowest BCUT2D eigenvalue weighted by atomic mass is 10.0. The second kappa shape index (κ2) is 3.92. The second-order valence-electron chi connectivity index (χ2n) is 3.53. The van der Waals surface area contributed by atoms with Gasteiger partial charge in [0.15, 0.2) is 6.10 Å². The van der Waals surface area contributed by atoms with E-state index in [9.17, 15) is 18.3 Å². The van der Waals surface area contributed by atoms with Crippen LogP contribution in [0.1, 0.15) is 17.2 Å². The summed E-state index contributed by atoms with van der Waals surface area (Å²) >= 11 is 3.12. The van der Waals surface area contributed by atoms with Crippen LogP contribution >= 0.6 is 15.9 Å². The number of halogens is 4. The first kappa shape index (κ1) is 11.7. The number of hydrogen-bond acceptors (Lipinski definition) is 2. The third-order valence-corrected chi connectivity index (χ3v) is 2.84. The number of rotatable bonds is 1. The molecule has 1 heterocycles. The summed E-state index contributed by atoms with van der Waals surface area (Å²) in [7, 11) is 0. The molecule has 16 heavy (non-hydrogen) atoms. The zero-order chi connectivity index (χ0) is 11.9. The van der Waals surface area contributed by atoms with E-state index in [1.165, 1.54) is 6.07 Å². The molecule has 2 rings (SSSR count). The Morgan fingerprint density at radius 2 is 2.06 bits per heavy atom. The van der Waals surface area contributed by atoms with Crippen molar-refractivity contribution in [3.05, 3.63) is 27.7 Å². The third kappa shape index (κ3) is 2.04. The van der Waals surface area contributed by atoms with Crippen LogP contribution in [0.4, 0.5) is 13.2 Å². The number of ether oxygens (including phenoxy) is 1. The van der Waals surface area contributed by atoms with E-state index in [2.05, 4.69) is 15.9 Å². The lowest BCUT2D eigenvalue weighted by Gasteiger charge is -2.17. The Kier molecular flexibility index (Phi) is 2.88. The van der Waals surface area contributed by atoms with Gasteiger partial charge in [-0.3, -0.25) is 0 Å². The molecule has 1 aliphatic heterocycles. The Morgan fingerprint density at radius 1 is 1.38 bits per heavy atom. The fourth-order valence-corrected chi connectivity index (χ4v) is 2.20. The van der Waals surface area contributed by atoms with Crippen molar-refractivity contribution < 1.29 is 23.0 Å². The molecule has 88 valence electrons. The molecule has 0 amide bonds. The van der Waals surface area contributed by atoms with Crippen LogP contribution in [0, 0.1) is 0 Å². The molecule has 1 aliphatic rings. The van der Waals surface area contributed by atoms with Gasteiger partial charge < -0.3 is 9.84 Å². The van der Waals surface area contributed by atoms with Crippen LogP contribution in [0.5, 0.6) is 5.75 Å². The molecule has 6 heteroatoms. The van der Waals surface area contributed by atoms with Gasteiger partial charge in [0.2, 0.25) is 0 Å². The van der Waals surface area contributed by atoms with Crippen molar-refractivity contribution in [3.8, 4) is 5.75 Å². The van der Waals surface area contributed by atoms with Crippen LogP contribution in [0.25, 0.3) is 0 Å². The van der Waals surface area contributed by atoms with E-state index in [1.54, 1.807) is 6.07 Å². The molecule has 1 aromatic rings. The normalized spacial score (nSPS) is 16.8. The first-order chi connectivity index (χ1) is 7.39. The van der Waals surface area contributed by atoms with Crippen molar-refractivity contribution in [2.24, 2.45) is 0 Å². The Labute approximate surface area is 98.2 Å². The van der Waals surface area contributed by atoms with E-state index in [1.807, 2.05) is 0 Å². The second-order valence-corrected chi connectivity index (χ2v) is 4.44. The largest absolute Gasteiger partial charge is 0.493 e. The Balaban J connectivity index is 2.49. The predicted molar refractivity (Wildman–Crippen MR) is 54.4 cm³/mol. The van der Waals surface area contributed by atoms with Crippen LogP contribution in [0.15, 0.2) is 16.6 Å². The lowest BCUT2D eigenvalue weighted by Crippen LogP contribution is -2.20. The summed E-state index contributed by atoms with van der Waals surface area (Å²) in [4.78, 5) is 0. The molecule has 0 saturated heterocycles. The van der Waals surface area contributed by atoms with Gasteiger partial charge in [0.25, 0.3) is 0 Å². The van der Waals surface area contributed by atoms with Gasteiger partial charge in [-0.2, -0.15) is 13.2 Å².